The van der Waals surface area contributed by atoms with Crippen molar-refractivity contribution in [1.29, 1.82) is 0 Å². The molecule has 0 aliphatic rings. The van der Waals surface area contributed by atoms with E-state index in [9.17, 15) is 18.0 Å². The highest BCUT2D eigenvalue weighted by Crippen LogP contribution is 2.11. The van der Waals surface area contributed by atoms with E-state index in [-0.39, 0.29) is 18.1 Å². The Labute approximate surface area is 130 Å². The van der Waals surface area contributed by atoms with Gasteiger partial charge in [-0.25, -0.2) is 8.42 Å². The Hall–Kier alpha value is -1.89. The highest BCUT2D eigenvalue weighted by atomic mass is 32.2. The van der Waals surface area contributed by atoms with Crippen molar-refractivity contribution < 1.29 is 23.1 Å². The van der Waals surface area contributed by atoms with Gasteiger partial charge in [0.15, 0.2) is 9.84 Å². The maximum Gasteiger partial charge on any atom is 0.303 e. The van der Waals surface area contributed by atoms with Gasteiger partial charge in [0.1, 0.15) is 5.75 Å². The minimum absolute atomic E-state index is 0.0193. The number of hydrogen-bond donors (Lipinski definition) is 2. The van der Waals surface area contributed by atoms with E-state index in [4.69, 9.17) is 5.11 Å². The molecule has 0 aliphatic heterocycles. The van der Waals surface area contributed by atoms with Crippen molar-refractivity contribution in [3.63, 3.8) is 0 Å². The monoisotopic (exact) mass is 327 g/mol. The quantitative estimate of drug-likeness (QED) is 0.757. The molecule has 0 aliphatic carbocycles. The van der Waals surface area contributed by atoms with Crippen molar-refractivity contribution in [3.8, 4) is 0 Å². The van der Waals surface area contributed by atoms with Crippen LogP contribution in [0.3, 0.4) is 0 Å². The first kappa shape index (κ1) is 18.2. The summed E-state index contributed by atoms with van der Waals surface area (Å²) in [4.78, 5) is 22.2. The van der Waals surface area contributed by atoms with E-state index < -0.39 is 27.5 Å². The van der Waals surface area contributed by atoms with Crippen molar-refractivity contribution in [2.75, 3.05) is 16.8 Å². The smallest absolute Gasteiger partial charge is 0.303 e. The minimum atomic E-state index is -3.40. The summed E-state index contributed by atoms with van der Waals surface area (Å²) in [6.45, 7) is 3.57. The van der Waals surface area contributed by atoms with Crippen molar-refractivity contribution in [2.24, 2.45) is 5.92 Å². The Balaban J connectivity index is 2.56. The molecule has 1 aromatic carbocycles. The lowest BCUT2D eigenvalue weighted by Gasteiger charge is -2.08. The Morgan fingerprint density at radius 2 is 1.77 bits per heavy atom. The molecule has 0 atom stereocenters. The zero-order chi connectivity index (χ0) is 16.8. The molecule has 7 heteroatoms. The van der Waals surface area contributed by atoms with Crippen molar-refractivity contribution in [3.05, 3.63) is 29.8 Å². The molecule has 0 saturated carbocycles. The number of carbonyl (C=O) groups excluding carboxylic acids is 1. The van der Waals surface area contributed by atoms with Crippen LogP contribution in [0.1, 0.15) is 25.8 Å². The molecule has 1 rings (SSSR count). The lowest BCUT2D eigenvalue weighted by molar-refractivity contribution is -0.137. The average Bonchev–Trinajstić information content (AvgIpc) is 2.35. The highest BCUT2D eigenvalue weighted by Gasteiger charge is 2.18. The molecule has 22 heavy (non-hydrogen) atoms. The van der Waals surface area contributed by atoms with Crippen molar-refractivity contribution in [2.45, 2.75) is 26.7 Å². The van der Waals surface area contributed by atoms with Gasteiger partial charge in [0.05, 0.1) is 5.75 Å². The maximum absolute atomic E-state index is 11.7. The van der Waals surface area contributed by atoms with Gasteiger partial charge in [0.25, 0.3) is 0 Å². The first-order chi connectivity index (χ1) is 10.2. The molecular weight excluding hydrogens is 306 g/mol. The second kappa shape index (κ2) is 7.93. The predicted octanol–water partition coefficient (Wildman–Crippen LogP) is 1.71. The number of carboxylic acids is 1. The number of carboxylic acid groups (broad SMARTS) is 1. The van der Waals surface area contributed by atoms with E-state index in [1.165, 1.54) is 0 Å². The lowest BCUT2D eigenvalue weighted by atomic mass is 10.1. The van der Waals surface area contributed by atoms with Crippen LogP contribution in [0.5, 0.6) is 0 Å². The van der Waals surface area contributed by atoms with Gasteiger partial charge in [-0.3, -0.25) is 9.59 Å². The number of sulfone groups is 1. The zero-order valence-electron chi connectivity index (χ0n) is 12.7. The maximum atomic E-state index is 11.7. The van der Waals surface area contributed by atoms with E-state index >= 15 is 0 Å². The topological polar surface area (TPSA) is 101 Å². The number of hydrogen-bond acceptors (Lipinski definition) is 4. The molecule has 0 unspecified atom stereocenters. The third kappa shape index (κ3) is 7.21. The van der Waals surface area contributed by atoms with E-state index in [1.807, 2.05) is 0 Å². The summed E-state index contributed by atoms with van der Waals surface area (Å²) in [7, 11) is -3.40. The summed E-state index contributed by atoms with van der Waals surface area (Å²) in [6, 6.07) is 6.68. The Kier molecular flexibility index (Phi) is 6.55. The molecule has 0 saturated heterocycles. The summed E-state index contributed by atoms with van der Waals surface area (Å²) in [5.74, 6) is -2.02. The van der Waals surface area contributed by atoms with Gasteiger partial charge >= 0.3 is 5.97 Å². The Morgan fingerprint density at radius 3 is 2.27 bits per heavy atom. The SMILES string of the molecule is CC(C)CS(=O)(=O)CC(=O)Nc1ccc(CCC(=O)O)cc1. The average molecular weight is 327 g/mol. The third-order valence-corrected chi connectivity index (χ3v) is 4.68. The number of benzene rings is 1. The lowest BCUT2D eigenvalue weighted by Crippen LogP contribution is -2.26. The van der Waals surface area contributed by atoms with Gasteiger partial charge in [-0.15, -0.1) is 0 Å². The number of aliphatic carboxylic acids is 1. The van der Waals surface area contributed by atoms with Crippen molar-refractivity contribution >= 4 is 27.4 Å². The zero-order valence-corrected chi connectivity index (χ0v) is 13.5. The molecule has 1 aromatic rings. The molecule has 0 bridgehead atoms. The number of rotatable bonds is 8. The van der Waals surface area contributed by atoms with Gasteiger partial charge in [0.2, 0.25) is 5.91 Å². The van der Waals surface area contributed by atoms with Crippen LogP contribution in [0, 0.1) is 5.92 Å². The minimum Gasteiger partial charge on any atom is -0.481 e. The number of amides is 1. The normalized spacial score (nSPS) is 11.4. The van der Waals surface area contributed by atoms with Crippen LogP contribution in [0.25, 0.3) is 0 Å². The molecule has 0 fully saturated rings. The second-order valence-corrected chi connectivity index (χ2v) is 7.70. The van der Waals surface area contributed by atoms with Crippen LogP contribution < -0.4 is 5.32 Å². The molecule has 2 N–H and O–H groups in total. The summed E-state index contributed by atoms with van der Waals surface area (Å²) in [5, 5.41) is 11.1. The fraction of sp³-hybridized carbons (Fsp3) is 0.467. The molecule has 0 heterocycles. The highest BCUT2D eigenvalue weighted by molar-refractivity contribution is 7.92. The van der Waals surface area contributed by atoms with Gasteiger partial charge < -0.3 is 10.4 Å². The summed E-state index contributed by atoms with van der Waals surface area (Å²) < 4.78 is 23.5. The van der Waals surface area contributed by atoms with E-state index in [0.717, 1.165) is 5.56 Å². The summed E-state index contributed by atoms with van der Waals surface area (Å²) >= 11 is 0. The van der Waals surface area contributed by atoms with Gasteiger partial charge in [-0.1, -0.05) is 26.0 Å². The first-order valence-corrected chi connectivity index (χ1v) is 8.81. The molecule has 0 radical (unpaired) electrons. The Morgan fingerprint density at radius 1 is 1.18 bits per heavy atom. The first-order valence-electron chi connectivity index (χ1n) is 6.99. The Bertz CT molecular complexity index is 620. The largest absolute Gasteiger partial charge is 0.481 e. The standard InChI is InChI=1S/C15H21NO5S/c1-11(2)9-22(20,21)10-14(17)16-13-6-3-12(4-7-13)5-8-15(18)19/h3-4,6-7,11H,5,8-10H2,1-2H3,(H,16,17)(H,18,19). The second-order valence-electron chi connectivity index (χ2n) is 5.59. The summed E-state index contributed by atoms with van der Waals surface area (Å²) in [5.41, 5.74) is 1.33. The van der Waals surface area contributed by atoms with E-state index in [2.05, 4.69) is 5.32 Å². The number of nitrogens with one attached hydrogen (secondary N) is 1. The molecule has 122 valence electrons. The predicted molar refractivity (Wildman–Crippen MR) is 84.5 cm³/mol. The number of aryl methyl sites for hydroxylation is 1. The molecule has 0 spiro atoms. The molecular formula is C15H21NO5S. The van der Waals surface area contributed by atoms with Crippen LogP contribution in [0.2, 0.25) is 0 Å². The van der Waals surface area contributed by atoms with Gasteiger partial charge in [-0.2, -0.15) is 0 Å². The van der Waals surface area contributed by atoms with Crippen LogP contribution in [0.15, 0.2) is 24.3 Å². The van der Waals surface area contributed by atoms with E-state index in [1.54, 1.807) is 38.1 Å². The van der Waals surface area contributed by atoms with Gasteiger partial charge in [-0.05, 0) is 30.0 Å². The third-order valence-electron chi connectivity index (χ3n) is 2.80. The van der Waals surface area contributed by atoms with Crippen molar-refractivity contribution in [1.82, 2.24) is 0 Å². The number of carbonyl (C=O) groups is 2. The van der Waals surface area contributed by atoms with Gasteiger partial charge in [0, 0.05) is 12.1 Å². The summed E-state index contributed by atoms with van der Waals surface area (Å²) in [6.07, 6.45) is 0.450. The molecule has 0 aromatic heterocycles. The van der Waals surface area contributed by atoms with Crippen LogP contribution in [0.4, 0.5) is 5.69 Å². The fourth-order valence-electron chi connectivity index (χ4n) is 1.97. The molecule has 6 nitrogen and oxygen atoms in total. The molecule has 1 amide bonds. The number of anilines is 1. The van der Waals surface area contributed by atoms with E-state index in [0.29, 0.717) is 12.1 Å². The fourth-order valence-corrected chi connectivity index (χ4v) is 3.57. The van der Waals surface area contributed by atoms with Crippen LogP contribution in [-0.4, -0.2) is 36.9 Å². The van der Waals surface area contributed by atoms with Crippen LogP contribution >= 0.6 is 0 Å². The van der Waals surface area contributed by atoms with Crippen LogP contribution in [-0.2, 0) is 25.8 Å².